The second-order valence-corrected chi connectivity index (χ2v) is 8.66. The number of benzene rings is 1. The molecule has 2 aromatic rings. The minimum atomic E-state index is -1.45. The van der Waals surface area contributed by atoms with E-state index in [9.17, 15) is 24.4 Å². The molecule has 1 aliphatic rings. The molecule has 2 heterocycles. The molecule has 11 heteroatoms. The SMILES string of the molecule is Cc1ncoc1COc1cc2c(cc1F)C[C@@H]([C@H](O)C[N+](=O)[O-])N(C(=O)OC(C)(C)C)C2. The third-order valence-electron chi connectivity index (χ3n) is 5.04. The number of carbonyl (C=O) groups excluding carboxylic acids is 1. The predicted molar refractivity (Wildman–Crippen MR) is 109 cm³/mol. The fraction of sp³-hybridized carbons (Fsp3) is 0.524. The van der Waals surface area contributed by atoms with Crippen molar-refractivity contribution >= 4 is 6.09 Å². The van der Waals surface area contributed by atoms with E-state index in [1.54, 1.807) is 27.7 Å². The number of aliphatic hydroxyl groups excluding tert-OH is 1. The molecule has 0 aliphatic carbocycles. The van der Waals surface area contributed by atoms with Crippen LogP contribution in [0.25, 0.3) is 0 Å². The van der Waals surface area contributed by atoms with Crippen molar-refractivity contribution in [2.24, 2.45) is 0 Å². The van der Waals surface area contributed by atoms with E-state index in [1.807, 2.05) is 0 Å². The van der Waals surface area contributed by atoms with Crippen LogP contribution in [0.3, 0.4) is 0 Å². The summed E-state index contributed by atoms with van der Waals surface area (Å²) in [5.74, 6) is -0.206. The third-order valence-corrected chi connectivity index (χ3v) is 5.04. The van der Waals surface area contributed by atoms with Crippen molar-refractivity contribution in [1.82, 2.24) is 9.88 Å². The fourth-order valence-corrected chi connectivity index (χ4v) is 3.47. The van der Waals surface area contributed by atoms with Crippen molar-refractivity contribution in [1.29, 1.82) is 0 Å². The number of aryl methyl sites for hydroxylation is 1. The summed E-state index contributed by atoms with van der Waals surface area (Å²) in [7, 11) is 0. The smallest absolute Gasteiger partial charge is 0.410 e. The molecule has 1 aliphatic heterocycles. The van der Waals surface area contributed by atoms with Gasteiger partial charge in [-0.3, -0.25) is 15.0 Å². The van der Waals surface area contributed by atoms with Gasteiger partial charge in [0.05, 0.1) is 11.7 Å². The first-order valence-electron chi connectivity index (χ1n) is 10.1. The zero-order valence-corrected chi connectivity index (χ0v) is 18.3. The number of nitro groups is 1. The highest BCUT2D eigenvalue weighted by molar-refractivity contribution is 5.69. The lowest BCUT2D eigenvalue weighted by molar-refractivity contribution is -0.491. The molecule has 10 nitrogen and oxygen atoms in total. The zero-order valence-electron chi connectivity index (χ0n) is 18.3. The number of aromatic nitrogens is 1. The van der Waals surface area contributed by atoms with Crippen LogP contribution in [-0.2, 0) is 24.3 Å². The monoisotopic (exact) mass is 451 g/mol. The number of ether oxygens (including phenoxy) is 2. The number of oxazole rings is 1. The Balaban J connectivity index is 1.87. The van der Waals surface area contributed by atoms with Crippen LogP contribution >= 0.6 is 0 Å². The Kier molecular flexibility index (Phi) is 6.68. The molecule has 0 saturated heterocycles. The molecule has 0 bridgehead atoms. The lowest BCUT2D eigenvalue weighted by Gasteiger charge is -2.39. The topological polar surface area (TPSA) is 128 Å². The number of halogens is 1. The number of amides is 1. The zero-order chi connectivity index (χ0) is 23.6. The van der Waals surface area contributed by atoms with Crippen LogP contribution in [0.5, 0.6) is 5.75 Å². The number of aliphatic hydroxyl groups is 1. The van der Waals surface area contributed by atoms with Crippen LogP contribution in [0.4, 0.5) is 9.18 Å². The molecule has 1 amide bonds. The molecule has 0 saturated carbocycles. The van der Waals surface area contributed by atoms with Crippen LogP contribution in [-0.4, -0.2) is 50.3 Å². The van der Waals surface area contributed by atoms with Gasteiger partial charge in [-0.1, -0.05) is 0 Å². The van der Waals surface area contributed by atoms with E-state index in [0.717, 1.165) is 0 Å². The van der Waals surface area contributed by atoms with Crippen LogP contribution in [0.2, 0.25) is 0 Å². The molecular formula is C21H26FN3O7. The fourth-order valence-electron chi connectivity index (χ4n) is 3.47. The second kappa shape index (κ2) is 9.11. The molecule has 2 atom stereocenters. The number of hydrogen-bond acceptors (Lipinski definition) is 8. The first-order valence-corrected chi connectivity index (χ1v) is 10.1. The number of carbonyl (C=O) groups is 1. The maximum atomic E-state index is 14.7. The third kappa shape index (κ3) is 5.52. The molecule has 0 unspecified atom stereocenters. The molecular weight excluding hydrogens is 425 g/mol. The highest BCUT2D eigenvalue weighted by Crippen LogP contribution is 2.32. The number of hydrogen-bond donors (Lipinski definition) is 1. The second-order valence-electron chi connectivity index (χ2n) is 8.66. The molecule has 174 valence electrons. The van der Waals surface area contributed by atoms with E-state index in [0.29, 0.717) is 22.6 Å². The van der Waals surface area contributed by atoms with Gasteiger partial charge >= 0.3 is 6.09 Å². The van der Waals surface area contributed by atoms with Gasteiger partial charge in [0.2, 0.25) is 6.54 Å². The summed E-state index contributed by atoms with van der Waals surface area (Å²) in [6, 6.07) is 1.80. The highest BCUT2D eigenvalue weighted by Gasteiger charge is 2.39. The van der Waals surface area contributed by atoms with Crippen molar-refractivity contribution in [2.75, 3.05) is 6.54 Å². The van der Waals surface area contributed by atoms with E-state index in [4.69, 9.17) is 13.9 Å². The summed E-state index contributed by atoms with van der Waals surface area (Å²) < 4.78 is 30.8. The summed E-state index contributed by atoms with van der Waals surface area (Å²) >= 11 is 0. The van der Waals surface area contributed by atoms with E-state index in [2.05, 4.69) is 4.98 Å². The van der Waals surface area contributed by atoms with Gasteiger partial charge < -0.3 is 19.0 Å². The Morgan fingerprint density at radius 3 is 2.75 bits per heavy atom. The normalized spacial score (nSPS) is 16.9. The number of nitrogens with zero attached hydrogens (tertiary/aromatic N) is 3. The van der Waals surface area contributed by atoms with Gasteiger partial charge in [-0.05, 0) is 57.4 Å². The molecule has 0 fully saturated rings. The van der Waals surface area contributed by atoms with Gasteiger partial charge in [0.25, 0.3) is 0 Å². The van der Waals surface area contributed by atoms with Crippen molar-refractivity contribution in [3.05, 3.63) is 57.0 Å². The van der Waals surface area contributed by atoms with Crippen LogP contribution < -0.4 is 4.74 Å². The Hall–Kier alpha value is -3.21. The molecule has 1 N–H and O–H groups in total. The van der Waals surface area contributed by atoms with Crippen molar-refractivity contribution in [3.63, 3.8) is 0 Å². The maximum Gasteiger partial charge on any atom is 0.410 e. The van der Waals surface area contributed by atoms with E-state index >= 15 is 0 Å². The largest absolute Gasteiger partial charge is 0.482 e. The Bertz CT molecular complexity index is 1000. The predicted octanol–water partition coefficient (Wildman–Crippen LogP) is 3.00. The minimum Gasteiger partial charge on any atom is -0.482 e. The van der Waals surface area contributed by atoms with Gasteiger partial charge in [-0.25, -0.2) is 14.2 Å². The first kappa shape index (κ1) is 23.5. The number of rotatable bonds is 6. The Morgan fingerprint density at radius 1 is 1.44 bits per heavy atom. The highest BCUT2D eigenvalue weighted by atomic mass is 19.1. The van der Waals surface area contributed by atoms with E-state index < -0.39 is 41.1 Å². The van der Waals surface area contributed by atoms with Gasteiger partial charge in [-0.15, -0.1) is 0 Å². The Labute approximate surface area is 184 Å². The van der Waals surface area contributed by atoms with Crippen LogP contribution in [0.15, 0.2) is 22.9 Å². The Morgan fingerprint density at radius 2 is 2.16 bits per heavy atom. The summed E-state index contributed by atoms with van der Waals surface area (Å²) in [5, 5.41) is 21.3. The summed E-state index contributed by atoms with van der Waals surface area (Å²) in [5.41, 5.74) is 0.938. The lowest BCUT2D eigenvalue weighted by Crippen LogP contribution is -2.53. The average molecular weight is 451 g/mol. The molecule has 32 heavy (non-hydrogen) atoms. The molecule has 3 rings (SSSR count). The molecule has 0 spiro atoms. The lowest BCUT2D eigenvalue weighted by atomic mass is 9.91. The van der Waals surface area contributed by atoms with Crippen LogP contribution in [0, 0.1) is 22.9 Å². The molecule has 1 aromatic carbocycles. The molecule has 0 radical (unpaired) electrons. The average Bonchev–Trinajstić information content (AvgIpc) is 3.08. The van der Waals surface area contributed by atoms with Crippen molar-refractivity contribution in [2.45, 2.75) is 65.0 Å². The molecule has 1 aromatic heterocycles. The summed E-state index contributed by atoms with van der Waals surface area (Å²) in [6.07, 6.45) is -0.868. The maximum absolute atomic E-state index is 14.7. The van der Waals surface area contributed by atoms with Crippen molar-refractivity contribution in [3.8, 4) is 5.75 Å². The van der Waals surface area contributed by atoms with E-state index in [1.165, 1.54) is 23.4 Å². The number of fused-ring (bicyclic) bond motifs is 1. The quantitative estimate of drug-likeness (QED) is 0.524. The van der Waals surface area contributed by atoms with Gasteiger partial charge in [-0.2, -0.15) is 0 Å². The van der Waals surface area contributed by atoms with Crippen molar-refractivity contribution < 1.29 is 33.1 Å². The first-order chi connectivity index (χ1) is 14.9. The van der Waals surface area contributed by atoms with Crippen LogP contribution in [0.1, 0.15) is 43.4 Å². The standard InChI is InChI=1S/C21H26FN3O7/c1-12-19(31-11-23-12)10-30-18-7-14-8-24(20(27)32-21(2,3)4)16(17(26)9-25(28)29)6-13(14)5-15(18)22/h5,7,11,16-17,26H,6,8-10H2,1-4H3/t16-,17+/m0/s1. The van der Waals surface area contributed by atoms with Gasteiger partial charge in [0.1, 0.15) is 18.3 Å². The van der Waals surface area contributed by atoms with Gasteiger partial charge in [0.15, 0.2) is 23.7 Å². The summed E-state index contributed by atoms with van der Waals surface area (Å²) in [4.78, 5) is 28.2. The summed E-state index contributed by atoms with van der Waals surface area (Å²) in [6.45, 7) is 6.01. The minimum absolute atomic E-state index is 0.0261. The van der Waals surface area contributed by atoms with Gasteiger partial charge in [0, 0.05) is 11.5 Å². The van der Waals surface area contributed by atoms with E-state index in [-0.39, 0.29) is 25.3 Å².